The Labute approximate surface area is 68.0 Å². The minimum atomic E-state index is 0. The topological polar surface area (TPSA) is 0 Å². The fraction of sp³-hybridized carbons (Fsp3) is 0. The van der Waals surface area contributed by atoms with Crippen LogP contribution in [0.25, 0.3) is 0 Å². The number of hydrogen-bond donors (Lipinski definition) is 0. The van der Waals surface area contributed by atoms with Crippen molar-refractivity contribution in [1.29, 1.82) is 0 Å². The monoisotopic (exact) mass is 79.1 g/mol. The van der Waals surface area contributed by atoms with Gasteiger partial charge in [-0.25, -0.2) is 12.1 Å². The zero-order valence-corrected chi connectivity index (χ0v) is 4.89. The Kier molecular flexibility index (Phi) is 9.83. The smallest absolute Gasteiger partial charge is 0.214 e. The van der Waals surface area contributed by atoms with Crippen LogP contribution in [-0.4, -0.2) is 0 Å². The summed E-state index contributed by atoms with van der Waals surface area (Å²) >= 11 is 0. The van der Waals surface area contributed by atoms with Gasteiger partial charge in [0.05, 0.1) is 0 Å². The average molecular weight is 79.0 g/mol. The van der Waals surface area contributed by atoms with Gasteiger partial charge in [0, 0.05) is 0 Å². The fourth-order valence-corrected chi connectivity index (χ4v) is 0.321. The van der Waals surface area contributed by atoms with E-state index in [1.54, 1.807) is 0 Å². The standard InChI is InChI=1S/C5H5.2Li/c1-2-4-5-3-1;;/h1-5H;;/q-1;2*+1. The summed E-state index contributed by atoms with van der Waals surface area (Å²) in [7, 11) is 0. The van der Waals surface area contributed by atoms with Crippen LogP contribution < -0.4 is 37.7 Å². The molecule has 0 nitrogen and oxygen atoms in total. The van der Waals surface area contributed by atoms with E-state index in [-0.39, 0.29) is 37.7 Å². The van der Waals surface area contributed by atoms with Gasteiger partial charge in [0.2, 0.25) is 0 Å². The summed E-state index contributed by atoms with van der Waals surface area (Å²) in [6.07, 6.45) is 0. The van der Waals surface area contributed by atoms with Crippen LogP contribution in [0.15, 0.2) is 30.3 Å². The normalized spacial score (nSPS) is 5.71. The van der Waals surface area contributed by atoms with Crippen molar-refractivity contribution in [3.63, 3.8) is 0 Å². The van der Waals surface area contributed by atoms with E-state index in [0.717, 1.165) is 0 Å². The predicted octanol–water partition coefficient (Wildman–Crippen LogP) is -4.59. The minimum Gasteiger partial charge on any atom is -0.214 e. The molecule has 1 aromatic rings. The van der Waals surface area contributed by atoms with Gasteiger partial charge in [-0.2, -0.15) is 18.2 Å². The second-order valence-electron chi connectivity index (χ2n) is 0.962. The van der Waals surface area contributed by atoms with E-state index in [1.807, 2.05) is 30.3 Å². The molecule has 0 fully saturated rings. The Morgan fingerprint density at radius 3 is 1.43 bits per heavy atom. The van der Waals surface area contributed by atoms with Crippen LogP contribution in [-0.2, 0) is 0 Å². The quantitative estimate of drug-likeness (QED) is 0.217. The Morgan fingerprint density at radius 2 is 1.29 bits per heavy atom. The second-order valence-corrected chi connectivity index (χ2v) is 0.962. The van der Waals surface area contributed by atoms with Gasteiger partial charge in [0.15, 0.2) is 0 Å². The molecule has 7 heavy (non-hydrogen) atoms. The van der Waals surface area contributed by atoms with Crippen molar-refractivity contribution >= 4 is 0 Å². The first-order valence-corrected chi connectivity index (χ1v) is 1.67. The molecular weight excluding hydrogens is 73.9 g/mol. The van der Waals surface area contributed by atoms with Crippen LogP contribution in [0, 0.1) is 0 Å². The third-order valence-electron chi connectivity index (χ3n) is 0.556. The maximum Gasteiger partial charge on any atom is 1.00 e. The molecule has 0 amide bonds. The number of rotatable bonds is 0. The van der Waals surface area contributed by atoms with Crippen molar-refractivity contribution in [3.8, 4) is 0 Å². The molecule has 0 atom stereocenters. The maximum absolute atomic E-state index is 2.00. The van der Waals surface area contributed by atoms with E-state index in [2.05, 4.69) is 0 Å². The fourth-order valence-electron chi connectivity index (χ4n) is 0.321. The van der Waals surface area contributed by atoms with Crippen molar-refractivity contribution in [2.24, 2.45) is 0 Å². The van der Waals surface area contributed by atoms with Crippen molar-refractivity contribution in [2.45, 2.75) is 0 Å². The first-order valence-electron chi connectivity index (χ1n) is 1.67. The maximum atomic E-state index is 2.00. The van der Waals surface area contributed by atoms with E-state index >= 15 is 0 Å². The first-order chi connectivity index (χ1) is 2.50. The summed E-state index contributed by atoms with van der Waals surface area (Å²) in [5.74, 6) is 0. The van der Waals surface area contributed by atoms with E-state index in [1.165, 1.54) is 0 Å². The molecule has 1 aromatic carbocycles. The molecule has 0 spiro atoms. The molecule has 26 valence electrons. The molecular formula is C5H5Li2+. The van der Waals surface area contributed by atoms with Gasteiger partial charge in [0.1, 0.15) is 0 Å². The van der Waals surface area contributed by atoms with Crippen LogP contribution in [0.1, 0.15) is 0 Å². The molecule has 0 aliphatic heterocycles. The largest absolute Gasteiger partial charge is 1.00 e. The van der Waals surface area contributed by atoms with Gasteiger partial charge in [-0.3, -0.25) is 0 Å². The summed E-state index contributed by atoms with van der Waals surface area (Å²) < 4.78 is 0. The van der Waals surface area contributed by atoms with Crippen molar-refractivity contribution in [3.05, 3.63) is 30.3 Å². The van der Waals surface area contributed by atoms with Gasteiger partial charge < -0.3 is 0 Å². The molecule has 0 saturated heterocycles. The molecule has 0 heterocycles. The van der Waals surface area contributed by atoms with E-state index < -0.39 is 0 Å². The molecule has 0 bridgehead atoms. The zero-order valence-electron chi connectivity index (χ0n) is 4.89. The number of hydrogen-bond acceptors (Lipinski definition) is 0. The van der Waals surface area contributed by atoms with Gasteiger partial charge in [0.25, 0.3) is 0 Å². The Balaban J connectivity index is 0. The van der Waals surface area contributed by atoms with Crippen LogP contribution in [0.4, 0.5) is 0 Å². The zero-order chi connectivity index (χ0) is 3.54. The van der Waals surface area contributed by atoms with Crippen LogP contribution >= 0.6 is 0 Å². The van der Waals surface area contributed by atoms with Crippen molar-refractivity contribution in [2.75, 3.05) is 0 Å². The Morgan fingerprint density at radius 1 is 0.857 bits per heavy atom. The third-order valence-corrected chi connectivity index (χ3v) is 0.556. The van der Waals surface area contributed by atoms with E-state index in [4.69, 9.17) is 0 Å². The van der Waals surface area contributed by atoms with E-state index in [0.29, 0.717) is 0 Å². The van der Waals surface area contributed by atoms with Gasteiger partial charge in [-0.15, -0.1) is 0 Å². The third kappa shape index (κ3) is 4.40. The second kappa shape index (κ2) is 6.54. The summed E-state index contributed by atoms with van der Waals surface area (Å²) in [6, 6.07) is 10.0. The Hall–Kier alpha value is 0.545. The molecule has 0 N–H and O–H groups in total. The molecule has 0 unspecified atom stereocenters. The average Bonchev–Trinajstić information content (AvgIpc) is 1.76. The molecule has 0 saturated carbocycles. The Bertz CT molecular complexity index is 62.6. The van der Waals surface area contributed by atoms with E-state index in [9.17, 15) is 0 Å². The van der Waals surface area contributed by atoms with Crippen LogP contribution in [0.3, 0.4) is 0 Å². The predicted molar refractivity (Wildman–Crippen MR) is 22.0 cm³/mol. The van der Waals surface area contributed by atoms with Crippen molar-refractivity contribution < 1.29 is 37.7 Å². The van der Waals surface area contributed by atoms with Gasteiger partial charge in [-0.1, -0.05) is 0 Å². The molecule has 0 aliphatic rings. The molecule has 0 aromatic heterocycles. The van der Waals surface area contributed by atoms with Crippen LogP contribution in [0.2, 0.25) is 0 Å². The molecule has 1 rings (SSSR count). The van der Waals surface area contributed by atoms with Gasteiger partial charge in [-0.05, 0) is 0 Å². The molecule has 0 aliphatic carbocycles. The molecule has 2 heteroatoms. The van der Waals surface area contributed by atoms with Crippen LogP contribution in [0.5, 0.6) is 0 Å². The van der Waals surface area contributed by atoms with Crippen molar-refractivity contribution in [1.82, 2.24) is 0 Å². The summed E-state index contributed by atoms with van der Waals surface area (Å²) in [6.45, 7) is 0. The van der Waals surface area contributed by atoms with Gasteiger partial charge >= 0.3 is 37.7 Å². The summed E-state index contributed by atoms with van der Waals surface area (Å²) in [5.41, 5.74) is 0. The summed E-state index contributed by atoms with van der Waals surface area (Å²) in [4.78, 5) is 0. The first kappa shape index (κ1) is 10.5. The summed E-state index contributed by atoms with van der Waals surface area (Å²) in [5, 5.41) is 0. The molecule has 0 radical (unpaired) electrons. The SMILES string of the molecule is [Li+].[Li+].c1cc[cH-]c1. The minimum absolute atomic E-state index is 0.